The second-order valence-electron chi connectivity index (χ2n) is 7.66. The predicted molar refractivity (Wildman–Crippen MR) is 109 cm³/mol. The predicted octanol–water partition coefficient (Wildman–Crippen LogP) is 2.57. The van der Waals surface area contributed by atoms with Crippen LogP contribution in [0.3, 0.4) is 0 Å². The summed E-state index contributed by atoms with van der Waals surface area (Å²) in [6.07, 6.45) is 0. The van der Waals surface area contributed by atoms with E-state index in [9.17, 15) is 15.0 Å². The third-order valence-corrected chi connectivity index (χ3v) is 4.18. The van der Waals surface area contributed by atoms with E-state index in [0.717, 1.165) is 11.0 Å². The summed E-state index contributed by atoms with van der Waals surface area (Å²) in [7, 11) is 6.60. The average Bonchev–Trinajstić information content (AvgIpc) is 2.68. The van der Waals surface area contributed by atoms with Crippen molar-refractivity contribution in [1.29, 1.82) is 0 Å². The smallest absolute Gasteiger partial charge is 0.154 e. The van der Waals surface area contributed by atoms with E-state index in [-0.39, 0.29) is 11.1 Å². The minimum atomic E-state index is -2.11. The monoisotopic (exact) mass is 377 g/mol. The number of quaternary nitrogens is 1. The first-order chi connectivity index (χ1) is 13.2. The molecule has 28 heavy (non-hydrogen) atoms. The molecule has 3 aromatic carbocycles. The van der Waals surface area contributed by atoms with Gasteiger partial charge < -0.3 is 19.5 Å². The second kappa shape index (κ2) is 9.31. The van der Waals surface area contributed by atoms with Crippen LogP contribution in [0.2, 0.25) is 0 Å². The Hall–Kier alpha value is -2.95. The number of aliphatic carboxylic acids is 1. The third-order valence-electron chi connectivity index (χ3n) is 4.18. The normalized spacial score (nSPS) is 11.3. The molecule has 4 nitrogen and oxygen atoms in total. The minimum absolute atomic E-state index is 0.284. The molecule has 0 saturated heterocycles. The lowest BCUT2D eigenvalue weighted by atomic mass is 9.86. The van der Waals surface area contributed by atoms with Crippen molar-refractivity contribution in [2.45, 2.75) is 12.1 Å². The zero-order valence-corrected chi connectivity index (χ0v) is 16.6. The van der Waals surface area contributed by atoms with Gasteiger partial charge in [0.2, 0.25) is 0 Å². The number of rotatable bonds is 5. The summed E-state index contributed by atoms with van der Waals surface area (Å²) in [5, 5.41) is 21.6. The molecule has 146 valence electrons. The molecular weight excluding hydrogens is 350 g/mol. The number of hydrogen-bond acceptors (Lipinski definition) is 3. The van der Waals surface area contributed by atoms with Crippen LogP contribution in [0.1, 0.15) is 16.7 Å². The number of nitrogens with zero attached hydrogens (tertiary/aromatic N) is 1. The molecule has 0 aliphatic rings. The summed E-state index contributed by atoms with van der Waals surface area (Å²) in [4.78, 5) is 11.3. The van der Waals surface area contributed by atoms with Crippen molar-refractivity contribution in [3.8, 4) is 0 Å². The number of carboxylic acids is 1. The average molecular weight is 377 g/mol. The van der Waals surface area contributed by atoms with Gasteiger partial charge in [-0.3, -0.25) is 0 Å². The van der Waals surface area contributed by atoms with Gasteiger partial charge in [0.1, 0.15) is 6.54 Å². The molecule has 0 fully saturated rings. The lowest BCUT2D eigenvalue weighted by Crippen LogP contribution is -2.46. The molecule has 0 aliphatic carbocycles. The van der Waals surface area contributed by atoms with Gasteiger partial charge in [-0.2, -0.15) is 0 Å². The maximum absolute atomic E-state index is 11.3. The van der Waals surface area contributed by atoms with Crippen molar-refractivity contribution in [1.82, 2.24) is 0 Å². The first-order valence-electron chi connectivity index (χ1n) is 9.13. The highest BCUT2D eigenvalue weighted by Crippen LogP contribution is 2.28. The Morgan fingerprint density at radius 2 is 1.14 bits per heavy atom. The molecule has 0 aliphatic heterocycles. The van der Waals surface area contributed by atoms with Crippen LogP contribution in [0.4, 0.5) is 0 Å². The van der Waals surface area contributed by atoms with Gasteiger partial charge >= 0.3 is 0 Å². The van der Waals surface area contributed by atoms with Crippen molar-refractivity contribution >= 4 is 5.97 Å². The molecule has 1 N–H and O–H groups in total. The molecule has 0 radical (unpaired) electrons. The number of carbonyl (C=O) groups is 1. The van der Waals surface area contributed by atoms with Crippen LogP contribution in [-0.4, -0.2) is 36.7 Å². The fourth-order valence-electron chi connectivity index (χ4n) is 2.89. The summed E-state index contributed by atoms with van der Waals surface area (Å²) < 4.78 is 0.990. The van der Waals surface area contributed by atoms with Gasteiger partial charge in [0.25, 0.3) is 0 Å². The van der Waals surface area contributed by atoms with Gasteiger partial charge in [-0.1, -0.05) is 91.0 Å². The van der Waals surface area contributed by atoms with Crippen molar-refractivity contribution in [3.63, 3.8) is 0 Å². The largest absolute Gasteiger partial charge is 0.546 e. The van der Waals surface area contributed by atoms with Crippen molar-refractivity contribution in [2.75, 3.05) is 21.1 Å². The number of carboxylic acid groups (broad SMARTS) is 1. The number of hydrogen-bond donors (Lipinski definition) is 1. The standard InChI is InChI=1S/C14H12O3.C10H16N/c15-13(16)14(17,11-7-3-1-4-8-11)12-9-5-2-6-10-12;1-11(2,3)9-10-7-5-4-6-8-10/h1-10,17H,(H,15,16);4-8H,9H2,1-3H3/q;+1/p-1. The first-order valence-corrected chi connectivity index (χ1v) is 9.13. The van der Waals surface area contributed by atoms with Gasteiger partial charge in [-0.15, -0.1) is 0 Å². The van der Waals surface area contributed by atoms with Gasteiger partial charge in [0.15, 0.2) is 5.60 Å². The Bertz CT molecular complexity index is 817. The Balaban J connectivity index is 0.000000221. The molecule has 0 aromatic heterocycles. The first kappa shape index (κ1) is 21.4. The molecule has 0 spiro atoms. The van der Waals surface area contributed by atoms with Crippen LogP contribution in [0.5, 0.6) is 0 Å². The molecule has 4 heteroatoms. The van der Waals surface area contributed by atoms with Crippen molar-refractivity contribution in [3.05, 3.63) is 108 Å². The summed E-state index contributed by atoms with van der Waals surface area (Å²) in [5.74, 6) is -1.53. The van der Waals surface area contributed by atoms with E-state index >= 15 is 0 Å². The Morgan fingerprint density at radius 1 is 0.786 bits per heavy atom. The molecule has 0 amide bonds. The topological polar surface area (TPSA) is 60.4 Å². The lowest BCUT2D eigenvalue weighted by molar-refractivity contribution is -0.884. The van der Waals surface area contributed by atoms with Crippen molar-refractivity contribution < 1.29 is 19.5 Å². The second-order valence-corrected chi connectivity index (χ2v) is 7.66. The van der Waals surface area contributed by atoms with Gasteiger partial charge in [0.05, 0.1) is 27.1 Å². The maximum atomic E-state index is 11.3. The lowest BCUT2D eigenvalue weighted by Gasteiger charge is -2.30. The van der Waals surface area contributed by atoms with Crippen LogP contribution in [0, 0.1) is 0 Å². The highest BCUT2D eigenvalue weighted by Gasteiger charge is 2.32. The van der Waals surface area contributed by atoms with Crippen LogP contribution in [0.25, 0.3) is 0 Å². The Morgan fingerprint density at radius 3 is 1.46 bits per heavy atom. The SMILES string of the molecule is C[N+](C)(C)Cc1ccccc1.O=C([O-])C(O)(c1ccccc1)c1ccccc1. The van der Waals surface area contributed by atoms with E-state index in [1.165, 1.54) is 5.56 Å². The molecular formula is C24H27NO3. The Labute approximate surface area is 166 Å². The fraction of sp³-hybridized carbons (Fsp3) is 0.208. The maximum Gasteiger partial charge on any atom is 0.154 e. The van der Waals surface area contributed by atoms with E-state index in [1.807, 2.05) is 0 Å². The number of carbonyl (C=O) groups excluding carboxylic acids is 1. The van der Waals surface area contributed by atoms with E-state index in [0.29, 0.717) is 0 Å². The molecule has 0 heterocycles. The molecule has 0 saturated carbocycles. The van der Waals surface area contributed by atoms with Crippen LogP contribution in [-0.2, 0) is 16.9 Å². The zero-order valence-electron chi connectivity index (χ0n) is 16.6. The molecule has 0 bridgehead atoms. The summed E-state index contributed by atoms with van der Waals surface area (Å²) in [6.45, 7) is 1.10. The van der Waals surface area contributed by atoms with Crippen LogP contribution < -0.4 is 5.11 Å². The summed E-state index contributed by atoms with van der Waals surface area (Å²) in [6, 6.07) is 27.0. The van der Waals surface area contributed by atoms with Crippen LogP contribution in [0.15, 0.2) is 91.0 Å². The van der Waals surface area contributed by atoms with Crippen molar-refractivity contribution in [2.24, 2.45) is 0 Å². The quantitative estimate of drug-likeness (QED) is 0.695. The molecule has 0 atom stereocenters. The molecule has 0 unspecified atom stereocenters. The highest BCUT2D eigenvalue weighted by molar-refractivity contribution is 5.81. The van der Waals surface area contributed by atoms with Gasteiger partial charge in [-0.25, -0.2) is 0 Å². The highest BCUT2D eigenvalue weighted by atomic mass is 16.4. The van der Waals surface area contributed by atoms with E-state index < -0.39 is 11.6 Å². The number of benzene rings is 3. The third kappa shape index (κ3) is 5.78. The molecule has 3 aromatic rings. The zero-order chi connectivity index (χ0) is 20.6. The summed E-state index contributed by atoms with van der Waals surface area (Å²) >= 11 is 0. The summed E-state index contributed by atoms with van der Waals surface area (Å²) in [5.41, 5.74) is -0.139. The fourth-order valence-corrected chi connectivity index (χ4v) is 2.89. The molecule has 3 rings (SSSR count). The van der Waals surface area contributed by atoms with Crippen LogP contribution >= 0.6 is 0 Å². The van der Waals surface area contributed by atoms with Gasteiger partial charge in [0, 0.05) is 5.56 Å². The van der Waals surface area contributed by atoms with Gasteiger partial charge in [-0.05, 0) is 11.1 Å². The Kier molecular flexibility index (Phi) is 7.10. The minimum Gasteiger partial charge on any atom is -0.546 e. The number of aliphatic hydroxyl groups is 1. The van der Waals surface area contributed by atoms with E-state index in [1.54, 1.807) is 60.7 Å². The van der Waals surface area contributed by atoms with E-state index in [4.69, 9.17) is 0 Å². The van der Waals surface area contributed by atoms with E-state index in [2.05, 4.69) is 51.5 Å².